The second-order valence-electron chi connectivity index (χ2n) is 6.10. The summed E-state index contributed by atoms with van der Waals surface area (Å²) in [5.74, 6) is 1.92. The molecule has 0 spiro atoms. The quantitative estimate of drug-likeness (QED) is 0.487. The van der Waals surface area contributed by atoms with Gasteiger partial charge in [0, 0.05) is 16.9 Å². The fourth-order valence-electron chi connectivity index (χ4n) is 2.63. The van der Waals surface area contributed by atoms with Crippen molar-refractivity contribution in [1.29, 1.82) is 0 Å². The molecule has 4 aromatic rings. The van der Waals surface area contributed by atoms with E-state index in [4.69, 9.17) is 13.7 Å². The lowest BCUT2D eigenvalue weighted by atomic mass is 10.2. The number of hydrogen-bond donors (Lipinski definition) is 2. The van der Waals surface area contributed by atoms with Gasteiger partial charge >= 0.3 is 0 Å². The second-order valence-corrected chi connectivity index (χ2v) is 6.10. The van der Waals surface area contributed by atoms with Crippen LogP contribution in [0.15, 0.2) is 75.9 Å². The highest BCUT2D eigenvalue weighted by Crippen LogP contribution is 2.18. The van der Waals surface area contributed by atoms with Crippen LogP contribution in [0.25, 0.3) is 11.6 Å². The van der Waals surface area contributed by atoms with Gasteiger partial charge in [-0.2, -0.15) is 4.98 Å². The van der Waals surface area contributed by atoms with E-state index < -0.39 is 0 Å². The van der Waals surface area contributed by atoms with Gasteiger partial charge in [-0.05, 0) is 60.7 Å². The summed E-state index contributed by atoms with van der Waals surface area (Å²) in [4.78, 5) is 16.6. The van der Waals surface area contributed by atoms with Crippen LogP contribution in [0.2, 0.25) is 0 Å². The van der Waals surface area contributed by atoms with Crippen molar-refractivity contribution >= 4 is 17.3 Å². The number of aromatic nitrogens is 2. The van der Waals surface area contributed by atoms with Crippen LogP contribution in [0.3, 0.4) is 0 Å². The third-order valence-corrected chi connectivity index (χ3v) is 4.15. The zero-order valence-corrected chi connectivity index (χ0v) is 15.6. The molecule has 29 heavy (non-hydrogen) atoms. The predicted molar refractivity (Wildman–Crippen MR) is 107 cm³/mol. The predicted octanol–water partition coefficient (Wildman–Crippen LogP) is 4.20. The van der Waals surface area contributed by atoms with Crippen molar-refractivity contribution in [1.82, 2.24) is 10.1 Å². The lowest BCUT2D eigenvalue weighted by molar-refractivity contribution is 0.102. The maximum absolute atomic E-state index is 12.4. The summed E-state index contributed by atoms with van der Waals surface area (Å²) in [6.45, 7) is 0.352. The molecule has 8 nitrogen and oxygen atoms in total. The summed E-state index contributed by atoms with van der Waals surface area (Å²) in [7, 11) is 1.60. The zero-order valence-electron chi connectivity index (χ0n) is 15.6. The van der Waals surface area contributed by atoms with E-state index in [1.54, 1.807) is 61.9 Å². The Bertz CT molecular complexity index is 1070. The number of carbonyl (C=O) groups is 1. The number of nitrogens with zero attached hydrogens (tertiary/aromatic N) is 2. The van der Waals surface area contributed by atoms with Gasteiger partial charge in [0.1, 0.15) is 5.75 Å². The smallest absolute Gasteiger partial charge is 0.255 e. The van der Waals surface area contributed by atoms with Crippen LogP contribution in [0.1, 0.15) is 16.2 Å². The molecule has 2 aromatic carbocycles. The van der Waals surface area contributed by atoms with Crippen LogP contribution >= 0.6 is 0 Å². The van der Waals surface area contributed by atoms with Crippen LogP contribution in [0, 0.1) is 0 Å². The molecule has 0 aliphatic heterocycles. The van der Waals surface area contributed by atoms with Crippen molar-refractivity contribution in [2.75, 3.05) is 17.7 Å². The van der Waals surface area contributed by atoms with E-state index in [-0.39, 0.29) is 5.91 Å². The van der Waals surface area contributed by atoms with Crippen molar-refractivity contribution in [3.63, 3.8) is 0 Å². The molecule has 0 bridgehead atoms. The van der Waals surface area contributed by atoms with Gasteiger partial charge < -0.3 is 24.3 Å². The molecule has 0 radical (unpaired) electrons. The van der Waals surface area contributed by atoms with Gasteiger partial charge in [-0.15, -0.1) is 0 Å². The number of furan rings is 1. The molecule has 0 fully saturated rings. The highest BCUT2D eigenvalue weighted by molar-refractivity contribution is 6.04. The van der Waals surface area contributed by atoms with Crippen LogP contribution in [-0.2, 0) is 6.54 Å². The van der Waals surface area contributed by atoms with E-state index in [1.165, 1.54) is 0 Å². The molecule has 0 aliphatic rings. The second kappa shape index (κ2) is 8.30. The number of carbonyl (C=O) groups excluding carboxylic acids is 1. The summed E-state index contributed by atoms with van der Waals surface area (Å²) in [5.41, 5.74) is 2.06. The highest BCUT2D eigenvalue weighted by Gasteiger charge is 2.11. The van der Waals surface area contributed by atoms with Crippen LogP contribution in [-0.4, -0.2) is 23.2 Å². The minimum absolute atomic E-state index is 0.193. The van der Waals surface area contributed by atoms with Crippen molar-refractivity contribution in [2.24, 2.45) is 0 Å². The third kappa shape index (κ3) is 4.44. The standard InChI is InChI=1S/C21H18N4O4/c1-27-17-10-8-16(9-11-17)23-21(26)14-4-6-15(7-5-14)22-13-19-24-20(25-29-19)18-3-2-12-28-18/h2-12,22H,13H2,1H3,(H,23,26). The lowest BCUT2D eigenvalue weighted by Crippen LogP contribution is -2.11. The Morgan fingerprint density at radius 1 is 1.03 bits per heavy atom. The molecule has 8 heteroatoms. The first kappa shape index (κ1) is 18.3. The van der Waals surface area contributed by atoms with Gasteiger partial charge in [-0.3, -0.25) is 4.79 Å². The maximum atomic E-state index is 12.4. The molecule has 0 saturated heterocycles. The topological polar surface area (TPSA) is 102 Å². The molecule has 2 heterocycles. The van der Waals surface area contributed by atoms with E-state index in [0.29, 0.717) is 35.3 Å². The number of hydrogen-bond acceptors (Lipinski definition) is 7. The minimum atomic E-state index is -0.193. The SMILES string of the molecule is COc1ccc(NC(=O)c2ccc(NCc3nc(-c4ccco4)no3)cc2)cc1. The van der Waals surface area contributed by atoms with Gasteiger partial charge in [-0.1, -0.05) is 5.16 Å². The first-order valence-electron chi connectivity index (χ1n) is 8.87. The van der Waals surface area contributed by atoms with E-state index in [0.717, 1.165) is 11.4 Å². The molecule has 2 N–H and O–H groups in total. The van der Waals surface area contributed by atoms with Gasteiger partial charge in [0.2, 0.25) is 11.7 Å². The van der Waals surface area contributed by atoms with Gasteiger partial charge in [-0.25, -0.2) is 0 Å². The Morgan fingerprint density at radius 3 is 2.48 bits per heavy atom. The minimum Gasteiger partial charge on any atom is -0.497 e. The van der Waals surface area contributed by atoms with E-state index in [1.807, 2.05) is 12.1 Å². The van der Waals surface area contributed by atoms with Crippen LogP contribution < -0.4 is 15.4 Å². The van der Waals surface area contributed by atoms with E-state index in [9.17, 15) is 4.79 Å². The fraction of sp³-hybridized carbons (Fsp3) is 0.0952. The first-order valence-corrected chi connectivity index (χ1v) is 8.87. The normalized spacial score (nSPS) is 10.5. The fourth-order valence-corrected chi connectivity index (χ4v) is 2.63. The highest BCUT2D eigenvalue weighted by atomic mass is 16.5. The summed E-state index contributed by atoms with van der Waals surface area (Å²) in [6, 6.07) is 17.8. The van der Waals surface area contributed by atoms with E-state index >= 15 is 0 Å². The molecular formula is C21H18N4O4. The Balaban J connectivity index is 1.33. The Labute approximate surface area is 166 Å². The molecule has 4 rings (SSSR count). The average molecular weight is 390 g/mol. The summed E-state index contributed by atoms with van der Waals surface area (Å²) >= 11 is 0. The summed E-state index contributed by atoms with van der Waals surface area (Å²) in [6.07, 6.45) is 1.55. The Kier molecular flexibility index (Phi) is 5.24. The zero-order chi connectivity index (χ0) is 20.1. The maximum Gasteiger partial charge on any atom is 0.255 e. The first-order chi connectivity index (χ1) is 14.2. The average Bonchev–Trinajstić information content (AvgIpc) is 3.45. The Morgan fingerprint density at radius 2 is 1.79 bits per heavy atom. The van der Waals surface area contributed by atoms with Crippen molar-refractivity contribution in [3.05, 3.63) is 78.4 Å². The number of nitrogens with one attached hydrogen (secondary N) is 2. The van der Waals surface area contributed by atoms with Crippen molar-refractivity contribution < 1.29 is 18.5 Å². The third-order valence-electron chi connectivity index (χ3n) is 4.15. The Hall–Kier alpha value is -4.07. The number of ether oxygens (including phenoxy) is 1. The molecule has 146 valence electrons. The van der Waals surface area contributed by atoms with Crippen molar-refractivity contribution in [2.45, 2.75) is 6.54 Å². The molecule has 0 unspecified atom stereocenters. The largest absolute Gasteiger partial charge is 0.497 e. The van der Waals surface area contributed by atoms with Gasteiger partial charge in [0.15, 0.2) is 5.76 Å². The summed E-state index contributed by atoms with van der Waals surface area (Å²) in [5, 5.41) is 9.90. The molecular weight excluding hydrogens is 372 g/mol. The van der Waals surface area contributed by atoms with Crippen LogP contribution in [0.5, 0.6) is 5.75 Å². The number of benzene rings is 2. The number of amides is 1. The molecule has 0 atom stereocenters. The van der Waals surface area contributed by atoms with Gasteiger partial charge in [0.05, 0.1) is 19.9 Å². The molecule has 2 aromatic heterocycles. The molecule has 1 amide bonds. The number of rotatable bonds is 7. The molecule has 0 aliphatic carbocycles. The monoisotopic (exact) mass is 390 g/mol. The lowest BCUT2D eigenvalue weighted by Gasteiger charge is -2.08. The summed E-state index contributed by atoms with van der Waals surface area (Å²) < 4.78 is 15.5. The number of anilines is 2. The van der Waals surface area contributed by atoms with Crippen molar-refractivity contribution in [3.8, 4) is 17.3 Å². The molecule has 0 saturated carbocycles. The number of methoxy groups -OCH3 is 1. The van der Waals surface area contributed by atoms with Gasteiger partial charge in [0.25, 0.3) is 5.91 Å². The van der Waals surface area contributed by atoms with E-state index in [2.05, 4.69) is 20.8 Å². The van der Waals surface area contributed by atoms with Crippen LogP contribution in [0.4, 0.5) is 11.4 Å².